The summed E-state index contributed by atoms with van der Waals surface area (Å²) in [6, 6.07) is 18.9. The summed E-state index contributed by atoms with van der Waals surface area (Å²) >= 11 is 1.66. The Kier molecular flexibility index (Phi) is 4.67. The molecule has 0 aliphatic heterocycles. The molecule has 5 rings (SSSR count). The predicted molar refractivity (Wildman–Crippen MR) is 129 cm³/mol. The Balaban J connectivity index is 1.71. The quantitative estimate of drug-likeness (QED) is 0.394. The van der Waals surface area contributed by atoms with Gasteiger partial charge in [0.15, 0.2) is 0 Å². The van der Waals surface area contributed by atoms with E-state index >= 15 is 0 Å². The number of hydrogen-bond acceptors (Lipinski definition) is 3. The topological polar surface area (TPSA) is 55.6 Å². The summed E-state index contributed by atoms with van der Waals surface area (Å²) < 4.78 is 3.36. The zero-order valence-electron chi connectivity index (χ0n) is 18.0. The van der Waals surface area contributed by atoms with Crippen molar-refractivity contribution in [2.45, 2.75) is 19.8 Å². The van der Waals surface area contributed by atoms with Crippen molar-refractivity contribution in [2.24, 2.45) is 14.1 Å². The molecule has 156 valence electrons. The van der Waals surface area contributed by atoms with E-state index in [0.29, 0.717) is 5.92 Å². The van der Waals surface area contributed by atoms with Crippen molar-refractivity contribution in [2.75, 3.05) is 0 Å². The third kappa shape index (κ3) is 3.24. The Morgan fingerprint density at radius 2 is 1.65 bits per heavy atom. The maximum Gasteiger partial charge on any atom is 0.328 e. The molecule has 0 fully saturated rings. The van der Waals surface area contributed by atoms with Gasteiger partial charge in [0.2, 0.25) is 0 Å². The molecule has 1 N–H and O–H groups in total. The van der Waals surface area contributed by atoms with E-state index in [2.05, 4.69) is 60.6 Å². The first-order valence-corrected chi connectivity index (χ1v) is 11.2. The van der Waals surface area contributed by atoms with Gasteiger partial charge in [-0.1, -0.05) is 50.2 Å². The van der Waals surface area contributed by atoms with E-state index in [0.717, 1.165) is 44.2 Å². The maximum absolute atomic E-state index is 12.4. The number of fused-ring (bicyclic) bond motifs is 1. The number of aryl methyl sites for hydroxylation is 2. The smallest absolute Gasteiger partial charge is 0.328 e. The lowest BCUT2D eigenvalue weighted by atomic mass is 9.99. The molecule has 31 heavy (non-hydrogen) atoms. The first-order valence-electron chi connectivity index (χ1n) is 10.3. The van der Waals surface area contributed by atoms with E-state index < -0.39 is 0 Å². The number of nitrogens with zero attached hydrogens (tertiary/aromatic N) is 3. The molecule has 3 heterocycles. The van der Waals surface area contributed by atoms with Gasteiger partial charge in [0.25, 0.3) is 0 Å². The largest absolute Gasteiger partial charge is 0.337 e. The second kappa shape index (κ2) is 7.39. The Labute approximate surface area is 184 Å². The molecule has 0 aliphatic rings. The Morgan fingerprint density at radius 1 is 0.935 bits per heavy atom. The highest BCUT2D eigenvalue weighted by Crippen LogP contribution is 2.35. The van der Waals surface area contributed by atoms with E-state index in [1.165, 1.54) is 5.56 Å². The number of hydrogen-bond donors (Lipinski definition) is 1. The van der Waals surface area contributed by atoms with Crippen LogP contribution in [0, 0.1) is 0 Å². The second-order valence-electron chi connectivity index (χ2n) is 8.17. The highest BCUT2D eigenvalue weighted by atomic mass is 32.1. The molecule has 0 radical (unpaired) electrons. The lowest BCUT2D eigenvalue weighted by molar-refractivity contribution is 0.795. The van der Waals surface area contributed by atoms with Gasteiger partial charge in [-0.2, -0.15) is 0 Å². The molecule has 2 aromatic carbocycles. The van der Waals surface area contributed by atoms with E-state index in [-0.39, 0.29) is 5.69 Å². The maximum atomic E-state index is 12.4. The molecule has 6 heteroatoms. The molecular formula is C25H24N4OS. The number of rotatable bonds is 4. The molecule has 0 unspecified atom stereocenters. The molecule has 0 amide bonds. The van der Waals surface area contributed by atoms with Crippen molar-refractivity contribution >= 4 is 22.4 Å². The number of nitrogens with one attached hydrogen (secondary N) is 1. The minimum atomic E-state index is -0.0297. The van der Waals surface area contributed by atoms with Crippen molar-refractivity contribution in [3.8, 4) is 33.2 Å². The van der Waals surface area contributed by atoms with E-state index in [1.54, 1.807) is 27.5 Å². The minimum absolute atomic E-state index is 0.0297. The van der Waals surface area contributed by atoms with Gasteiger partial charge in [0, 0.05) is 25.2 Å². The zero-order valence-corrected chi connectivity index (χ0v) is 18.8. The monoisotopic (exact) mass is 428 g/mol. The molecule has 0 bridgehead atoms. The van der Waals surface area contributed by atoms with Crippen LogP contribution in [0.2, 0.25) is 0 Å². The van der Waals surface area contributed by atoms with Crippen molar-refractivity contribution in [1.82, 2.24) is 19.1 Å². The predicted octanol–water partition coefficient (Wildman–Crippen LogP) is 5.79. The highest BCUT2D eigenvalue weighted by molar-refractivity contribution is 7.13. The third-order valence-corrected chi connectivity index (χ3v) is 6.75. The first-order chi connectivity index (χ1) is 14.9. The van der Waals surface area contributed by atoms with Crippen LogP contribution in [-0.2, 0) is 14.1 Å². The Hall–Kier alpha value is -3.38. The average Bonchev–Trinajstić information content (AvgIpc) is 3.50. The summed E-state index contributed by atoms with van der Waals surface area (Å²) in [6.07, 6.45) is 0. The van der Waals surface area contributed by atoms with Crippen molar-refractivity contribution < 1.29 is 0 Å². The van der Waals surface area contributed by atoms with Crippen LogP contribution in [-0.4, -0.2) is 19.1 Å². The van der Waals surface area contributed by atoms with Crippen molar-refractivity contribution in [3.05, 3.63) is 76.0 Å². The summed E-state index contributed by atoms with van der Waals surface area (Å²) in [5, 5.41) is 2.06. The second-order valence-corrected chi connectivity index (χ2v) is 9.11. The number of aromatic nitrogens is 4. The first kappa shape index (κ1) is 19.6. The number of aromatic amines is 1. The van der Waals surface area contributed by atoms with Crippen LogP contribution in [0.4, 0.5) is 0 Å². The van der Waals surface area contributed by atoms with E-state index in [1.807, 2.05) is 25.2 Å². The number of thiophene rings is 1. The molecule has 0 aliphatic carbocycles. The van der Waals surface area contributed by atoms with Gasteiger partial charge in [0.05, 0.1) is 27.3 Å². The lowest BCUT2D eigenvalue weighted by Gasteiger charge is -2.08. The van der Waals surface area contributed by atoms with E-state index in [9.17, 15) is 4.79 Å². The normalized spacial score (nSPS) is 11.6. The van der Waals surface area contributed by atoms with Gasteiger partial charge in [-0.25, -0.2) is 9.78 Å². The number of H-pyrrole nitrogens is 1. The highest BCUT2D eigenvalue weighted by Gasteiger charge is 2.18. The van der Waals surface area contributed by atoms with Gasteiger partial charge in [0.1, 0.15) is 5.82 Å². The van der Waals surface area contributed by atoms with Crippen molar-refractivity contribution in [3.63, 3.8) is 0 Å². The molecule has 0 saturated carbocycles. The average molecular weight is 429 g/mol. The van der Waals surface area contributed by atoms with Crippen LogP contribution in [0.15, 0.2) is 64.8 Å². The summed E-state index contributed by atoms with van der Waals surface area (Å²) in [7, 11) is 3.61. The molecule has 0 atom stereocenters. The third-order valence-electron chi connectivity index (χ3n) is 5.87. The lowest BCUT2D eigenvalue weighted by Crippen LogP contribution is -2.19. The van der Waals surface area contributed by atoms with Crippen LogP contribution in [0.25, 0.3) is 44.2 Å². The van der Waals surface area contributed by atoms with Crippen LogP contribution in [0.3, 0.4) is 0 Å². The van der Waals surface area contributed by atoms with Crippen LogP contribution in [0.5, 0.6) is 0 Å². The number of benzene rings is 2. The fourth-order valence-corrected chi connectivity index (χ4v) is 4.68. The Morgan fingerprint density at radius 3 is 2.32 bits per heavy atom. The summed E-state index contributed by atoms with van der Waals surface area (Å²) in [4.78, 5) is 22.0. The summed E-state index contributed by atoms with van der Waals surface area (Å²) in [6.45, 7) is 4.40. The van der Waals surface area contributed by atoms with Gasteiger partial charge >= 0.3 is 5.69 Å². The standard InChI is InChI=1S/C25H24N4OS/c1-15(2)16-7-9-17(10-8-16)22-23(27-24(26-22)21-6-5-13-31-21)18-11-12-19-20(14-18)29(4)25(30)28(19)3/h5-15H,1-4H3,(H,26,27). The van der Waals surface area contributed by atoms with Gasteiger partial charge in [-0.3, -0.25) is 9.13 Å². The fraction of sp³-hybridized carbons (Fsp3) is 0.200. The summed E-state index contributed by atoms with van der Waals surface area (Å²) in [5.41, 5.74) is 7.03. The van der Waals surface area contributed by atoms with Gasteiger partial charge in [-0.15, -0.1) is 11.3 Å². The zero-order chi connectivity index (χ0) is 21.7. The molecule has 5 nitrogen and oxygen atoms in total. The minimum Gasteiger partial charge on any atom is -0.337 e. The van der Waals surface area contributed by atoms with Crippen LogP contribution < -0.4 is 5.69 Å². The van der Waals surface area contributed by atoms with Crippen LogP contribution in [0.1, 0.15) is 25.3 Å². The molecular weight excluding hydrogens is 404 g/mol. The van der Waals surface area contributed by atoms with Gasteiger partial charge < -0.3 is 4.98 Å². The SMILES string of the molecule is CC(C)c1ccc(-c2[nH]c(-c3cccs3)nc2-c2ccc3c(c2)n(C)c(=O)n3C)cc1. The molecule has 5 aromatic rings. The molecule has 0 saturated heterocycles. The van der Waals surface area contributed by atoms with E-state index in [4.69, 9.17) is 4.98 Å². The van der Waals surface area contributed by atoms with Crippen molar-refractivity contribution in [1.29, 1.82) is 0 Å². The van der Waals surface area contributed by atoms with Crippen LogP contribution >= 0.6 is 11.3 Å². The molecule has 0 spiro atoms. The molecule has 3 aromatic heterocycles. The fourth-order valence-electron chi connectivity index (χ4n) is 4.01. The number of imidazole rings is 2. The summed E-state index contributed by atoms with van der Waals surface area (Å²) in [5.74, 6) is 1.34. The Bertz CT molecular complexity index is 1430. The van der Waals surface area contributed by atoms with Gasteiger partial charge in [-0.05, 0) is 35.1 Å².